The second kappa shape index (κ2) is 7.27. The topological polar surface area (TPSA) is 39.2 Å². The SMILES string of the molecule is CCCOc1cncc(C(=O)CC2CCCCC2)c1. The summed E-state index contributed by atoms with van der Waals surface area (Å²) in [6, 6.07) is 1.83. The first-order valence-corrected chi connectivity index (χ1v) is 7.40. The molecule has 0 radical (unpaired) electrons. The maximum atomic E-state index is 12.2. The first-order chi connectivity index (χ1) is 9.29. The lowest BCUT2D eigenvalue weighted by molar-refractivity contribution is 0.0949. The Bertz CT molecular complexity index is 411. The Morgan fingerprint density at radius 1 is 1.32 bits per heavy atom. The Morgan fingerprint density at radius 3 is 2.84 bits per heavy atom. The van der Waals surface area contributed by atoms with E-state index in [0.717, 1.165) is 6.42 Å². The molecule has 1 aromatic heterocycles. The van der Waals surface area contributed by atoms with Gasteiger partial charge >= 0.3 is 0 Å². The van der Waals surface area contributed by atoms with Crippen molar-refractivity contribution in [1.29, 1.82) is 0 Å². The number of Topliss-reactive ketones (excluding diaryl/α,β-unsaturated/α-hetero) is 1. The van der Waals surface area contributed by atoms with Gasteiger partial charge in [0.1, 0.15) is 5.75 Å². The smallest absolute Gasteiger partial charge is 0.164 e. The average Bonchev–Trinajstić information content (AvgIpc) is 2.46. The number of pyridine rings is 1. The summed E-state index contributed by atoms with van der Waals surface area (Å²) in [5.41, 5.74) is 0.694. The molecular formula is C16H23NO2. The van der Waals surface area contributed by atoms with Crippen LogP contribution in [-0.4, -0.2) is 17.4 Å². The minimum Gasteiger partial charge on any atom is -0.492 e. The van der Waals surface area contributed by atoms with Gasteiger partial charge in [0, 0.05) is 18.2 Å². The lowest BCUT2D eigenvalue weighted by Gasteiger charge is -2.20. The summed E-state index contributed by atoms with van der Waals surface area (Å²) in [6.45, 7) is 2.73. The van der Waals surface area contributed by atoms with Gasteiger partial charge < -0.3 is 4.74 Å². The van der Waals surface area contributed by atoms with Crippen LogP contribution in [0.2, 0.25) is 0 Å². The maximum absolute atomic E-state index is 12.2. The third-order valence-electron chi connectivity index (χ3n) is 3.71. The molecule has 0 amide bonds. The Balaban J connectivity index is 1.93. The number of hydrogen-bond donors (Lipinski definition) is 0. The number of hydrogen-bond acceptors (Lipinski definition) is 3. The Morgan fingerprint density at radius 2 is 2.11 bits per heavy atom. The van der Waals surface area contributed by atoms with Crippen molar-refractivity contribution < 1.29 is 9.53 Å². The summed E-state index contributed by atoms with van der Waals surface area (Å²) in [4.78, 5) is 16.3. The zero-order valence-corrected chi connectivity index (χ0v) is 11.7. The summed E-state index contributed by atoms with van der Waals surface area (Å²) < 4.78 is 5.52. The van der Waals surface area contributed by atoms with Gasteiger partial charge in [0.2, 0.25) is 0 Å². The zero-order valence-electron chi connectivity index (χ0n) is 11.7. The van der Waals surface area contributed by atoms with Crippen LogP contribution >= 0.6 is 0 Å². The van der Waals surface area contributed by atoms with Crippen LogP contribution in [-0.2, 0) is 0 Å². The van der Waals surface area contributed by atoms with Gasteiger partial charge in [-0.25, -0.2) is 0 Å². The van der Waals surface area contributed by atoms with Gasteiger partial charge in [0.05, 0.1) is 12.8 Å². The fraction of sp³-hybridized carbons (Fsp3) is 0.625. The fourth-order valence-corrected chi connectivity index (χ4v) is 2.64. The molecular weight excluding hydrogens is 238 g/mol. The minimum atomic E-state index is 0.210. The molecule has 1 aliphatic rings. The summed E-state index contributed by atoms with van der Waals surface area (Å²) in [5, 5.41) is 0. The van der Waals surface area contributed by atoms with Crippen molar-refractivity contribution in [3.63, 3.8) is 0 Å². The van der Waals surface area contributed by atoms with Crippen LogP contribution in [0.3, 0.4) is 0 Å². The van der Waals surface area contributed by atoms with Crippen molar-refractivity contribution in [2.45, 2.75) is 51.9 Å². The molecule has 0 saturated heterocycles. The molecule has 1 aromatic rings. The Labute approximate surface area is 115 Å². The fourth-order valence-electron chi connectivity index (χ4n) is 2.64. The molecule has 3 heteroatoms. The number of aromatic nitrogens is 1. The lowest BCUT2D eigenvalue weighted by Crippen LogP contribution is -2.12. The van der Waals surface area contributed by atoms with E-state index in [2.05, 4.69) is 11.9 Å². The van der Waals surface area contributed by atoms with E-state index in [1.807, 2.05) is 6.07 Å². The highest BCUT2D eigenvalue weighted by Gasteiger charge is 2.18. The predicted octanol–water partition coefficient (Wildman–Crippen LogP) is 4.02. The standard InChI is InChI=1S/C16H23NO2/c1-2-8-19-15-10-14(11-17-12-15)16(18)9-13-6-4-3-5-7-13/h10-13H,2-9H2,1H3. The maximum Gasteiger partial charge on any atom is 0.164 e. The highest BCUT2D eigenvalue weighted by molar-refractivity contribution is 5.96. The average molecular weight is 261 g/mol. The predicted molar refractivity (Wildman–Crippen MR) is 75.5 cm³/mol. The van der Waals surface area contributed by atoms with Crippen LogP contribution in [0.25, 0.3) is 0 Å². The quantitative estimate of drug-likeness (QED) is 0.726. The molecule has 3 nitrogen and oxygen atoms in total. The van der Waals surface area contributed by atoms with Gasteiger partial charge in [0.25, 0.3) is 0 Å². The summed E-state index contributed by atoms with van der Waals surface area (Å²) >= 11 is 0. The van der Waals surface area contributed by atoms with Crippen LogP contribution < -0.4 is 4.74 Å². The van der Waals surface area contributed by atoms with E-state index >= 15 is 0 Å². The summed E-state index contributed by atoms with van der Waals surface area (Å²) in [7, 11) is 0. The molecule has 0 spiro atoms. The molecule has 0 bridgehead atoms. The van der Waals surface area contributed by atoms with Gasteiger partial charge in [-0.3, -0.25) is 9.78 Å². The number of carbonyl (C=O) groups excluding carboxylic acids is 1. The second-order valence-corrected chi connectivity index (χ2v) is 5.39. The molecule has 0 aromatic carbocycles. The van der Waals surface area contributed by atoms with Gasteiger partial charge in [-0.2, -0.15) is 0 Å². The van der Waals surface area contributed by atoms with Gasteiger partial charge in [-0.05, 0) is 18.4 Å². The second-order valence-electron chi connectivity index (χ2n) is 5.39. The molecule has 19 heavy (non-hydrogen) atoms. The highest BCUT2D eigenvalue weighted by Crippen LogP contribution is 2.27. The molecule has 1 saturated carbocycles. The van der Waals surface area contributed by atoms with Crippen molar-refractivity contribution >= 4 is 5.78 Å². The third-order valence-corrected chi connectivity index (χ3v) is 3.71. The largest absolute Gasteiger partial charge is 0.492 e. The third kappa shape index (κ3) is 4.34. The Kier molecular flexibility index (Phi) is 5.37. The molecule has 0 atom stereocenters. The molecule has 0 unspecified atom stereocenters. The minimum absolute atomic E-state index is 0.210. The number of nitrogens with zero attached hydrogens (tertiary/aromatic N) is 1. The lowest BCUT2D eigenvalue weighted by atomic mass is 9.85. The van der Waals surface area contributed by atoms with Gasteiger partial charge in [-0.1, -0.05) is 39.0 Å². The summed E-state index contributed by atoms with van der Waals surface area (Å²) in [6.07, 6.45) is 11.2. The zero-order chi connectivity index (χ0) is 13.5. The molecule has 1 aliphatic carbocycles. The van der Waals surface area contributed by atoms with Crippen molar-refractivity contribution in [3.8, 4) is 5.75 Å². The molecule has 104 valence electrons. The van der Waals surface area contributed by atoms with Crippen LogP contribution in [0, 0.1) is 5.92 Å². The highest BCUT2D eigenvalue weighted by atomic mass is 16.5. The van der Waals surface area contributed by atoms with Crippen molar-refractivity contribution in [1.82, 2.24) is 4.98 Å². The molecule has 0 aliphatic heterocycles. The van der Waals surface area contributed by atoms with Gasteiger partial charge in [-0.15, -0.1) is 0 Å². The van der Waals surface area contributed by atoms with E-state index in [-0.39, 0.29) is 5.78 Å². The van der Waals surface area contributed by atoms with E-state index in [0.29, 0.717) is 30.3 Å². The van der Waals surface area contributed by atoms with Crippen molar-refractivity contribution in [3.05, 3.63) is 24.0 Å². The first kappa shape index (κ1) is 14.0. The monoisotopic (exact) mass is 261 g/mol. The number of ether oxygens (including phenoxy) is 1. The van der Waals surface area contributed by atoms with Crippen LogP contribution in [0.4, 0.5) is 0 Å². The van der Waals surface area contributed by atoms with E-state index in [4.69, 9.17) is 4.74 Å². The van der Waals surface area contributed by atoms with Crippen molar-refractivity contribution in [2.24, 2.45) is 5.92 Å². The van der Waals surface area contributed by atoms with Gasteiger partial charge in [0.15, 0.2) is 5.78 Å². The molecule has 1 heterocycles. The normalized spacial score (nSPS) is 16.3. The number of carbonyl (C=O) groups is 1. The van der Waals surface area contributed by atoms with E-state index in [1.54, 1.807) is 12.4 Å². The molecule has 1 fully saturated rings. The van der Waals surface area contributed by atoms with Crippen LogP contribution in [0.1, 0.15) is 62.2 Å². The molecule has 0 N–H and O–H groups in total. The van der Waals surface area contributed by atoms with E-state index in [1.165, 1.54) is 32.1 Å². The Hall–Kier alpha value is -1.38. The summed E-state index contributed by atoms with van der Waals surface area (Å²) in [5.74, 6) is 1.49. The van der Waals surface area contributed by atoms with Crippen LogP contribution in [0.5, 0.6) is 5.75 Å². The van der Waals surface area contributed by atoms with Crippen molar-refractivity contribution in [2.75, 3.05) is 6.61 Å². The van der Waals surface area contributed by atoms with E-state index in [9.17, 15) is 4.79 Å². The molecule has 2 rings (SSSR count). The number of rotatable bonds is 6. The van der Waals surface area contributed by atoms with E-state index < -0.39 is 0 Å². The first-order valence-electron chi connectivity index (χ1n) is 7.40. The van der Waals surface area contributed by atoms with Crippen LogP contribution in [0.15, 0.2) is 18.5 Å². The number of ketones is 1.